The molecule has 1 N–H and O–H groups in total. The first-order valence-electron chi connectivity index (χ1n) is 7.55. The predicted molar refractivity (Wildman–Crippen MR) is 89.6 cm³/mol. The molecule has 3 nitrogen and oxygen atoms in total. The molecule has 0 bridgehead atoms. The Morgan fingerprint density at radius 2 is 2.00 bits per heavy atom. The standard InChI is InChI=1S/C17H22N2OS/c1-2-3-4-7-12-18-16(20)13-21-17-11-10-14-8-5-6-9-15(14)19-17/h5-6,8-11H,2-4,7,12-13H2,1H3,(H,18,20). The topological polar surface area (TPSA) is 42.0 Å². The van der Waals surface area contributed by atoms with E-state index in [4.69, 9.17) is 0 Å². The second-order valence-corrected chi connectivity index (χ2v) is 6.04. The van der Waals surface area contributed by atoms with Crippen molar-refractivity contribution < 1.29 is 4.79 Å². The minimum absolute atomic E-state index is 0.0893. The van der Waals surface area contributed by atoms with Gasteiger partial charge in [-0.25, -0.2) is 4.98 Å². The van der Waals surface area contributed by atoms with Gasteiger partial charge in [-0.05, 0) is 18.6 Å². The van der Waals surface area contributed by atoms with E-state index >= 15 is 0 Å². The van der Waals surface area contributed by atoms with Crippen LogP contribution in [0.1, 0.15) is 32.6 Å². The second-order valence-electron chi connectivity index (χ2n) is 5.04. The number of hydrogen-bond acceptors (Lipinski definition) is 3. The Bertz CT molecular complexity index is 586. The Balaban J connectivity index is 1.75. The molecule has 0 aliphatic rings. The lowest BCUT2D eigenvalue weighted by Gasteiger charge is -2.05. The summed E-state index contributed by atoms with van der Waals surface area (Å²) in [5, 5.41) is 4.99. The largest absolute Gasteiger partial charge is 0.355 e. The van der Waals surface area contributed by atoms with Crippen LogP contribution in [-0.4, -0.2) is 23.2 Å². The normalized spacial score (nSPS) is 10.7. The van der Waals surface area contributed by atoms with E-state index in [1.165, 1.54) is 31.0 Å². The third-order valence-corrected chi connectivity index (χ3v) is 4.21. The van der Waals surface area contributed by atoms with Crippen molar-refractivity contribution in [2.75, 3.05) is 12.3 Å². The third-order valence-electron chi connectivity index (χ3n) is 3.28. The fourth-order valence-corrected chi connectivity index (χ4v) is 2.81. The van der Waals surface area contributed by atoms with E-state index < -0.39 is 0 Å². The summed E-state index contributed by atoms with van der Waals surface area (Å²) in [6.07, 6.45) is 4.72. The summed E-state index contributed by atoms with van der Waals surface area (Å²) < 4.78 is 0. The van der Waals surface area contributed by atoms with Crippen LogP contribution in [-0.2, 0) is 4.79 Å². The van der Waals surface area contributed by atoms with Crippen molar-refractivity contribution in [3.63, 3.8) is 0 Å². The zero-order chi connectivity index (χ0) is 14.9. The van der Waals surface area contributed by atoms with E-state index in [1.807, 2.05) is 36.4 Å². The van der Waals surface area contributed by atoms with E-state index in [2.05, 4.69) is 17.2 Å². The molecule has 2 rings (SSSR count). The summed E-state index contributed by atoms with van der Waals surface area (Å²) in [6, 6.07) is 12.0. The van der Waals surface area contributed by atoms with Gasteiger partial charge in [0.25, 0.3) is 0 Å². The van der Waals surface area contributed by atoms with Crippen molar-refractivity contribution in [2.24, 2.45) is 0 Å². The number of nitrogens with zero attached hydrogens (tertiary/aromatic N) is 1. The molecular weight excluding hydrogens is 280 g/mol. The molecule has 0 saturated heterocycles. The van der Waals surface area contributed by atoms with E-state index in [0.29, 0.717) is 5.75 Å². The minimum Gasteiger partial charge on any atom is -0.355 e. The molecule has 0 fully saturated rings. The molecule has 1 aromatic carbocycles. The van der Waals surface area contributed by atoms with Gasteiger partial charge in [-0.15, -0.1) is 0 Å². The van der Waals surface area contributed by atoms with E-state index in [-0.39, 0.29) is 5.91 Å². The van der Waals surface area contributed by atoms with Crippen LogP contribution in [0.4, 0.5) is 0 Å². The van der Waals surface area contributed by atoms with Gasteiger partial charge >= 0.3 is 0 Å². The zero-order valence-electron chi connectivity index (χ0n) is 12.5. The van der Waals surface area contributed by atoms with Gasteiger partial charge in [0.15, 0.2) is 0 Å². The molecule has 1 amide bonds. The lowest BCUT2D eigenvalue weighted by molar-refractivity contribution is -0.118. The number of para-hydroxylation sites is 1. The first kappa shape index (κ1) is 15.8. The number of rotatable bonds is 8. The van der Waals surface area contributed by atoms with Crippen molar-refractivity contribution in [3.05, 3.63) is 36.4 Å². The summed E-state index contributed by atoms with van der Waals surface area (Å²) >= 11 is 1.49. The van der Waals surface area contributed by atoms with Crippen LogP contribution in [0.25, 0.3) is 10.9 Å². The van der Waals surface area contributed by atoms with Crippen LogP contribution in [0, 0.1) is 0 Å². The van der Waals surface area contributed by atoms with Crippen LogP contribution >= 0.6 is 11.8 Å². The first-order chi connectivity index (χ1) is 10.3. The maximum absolute atomic E-state index is 11.8. The number of pyridine rings is 1. The Labute approximate surface area is 130 Å². The van der Waals surface area contributed by atoms with Gasteiger partial charge in [0.1, 0.15) is 0 Å². The second kappa shape index (κ2) is 8.67. The van der Waals surface area contributed by atoms with E-state index in [0.717, 1.165) is 28.9 Å². The molecule has 21 heavy (non-hydrogen) atoms. The van der Waals surface area contributed by atoms with Crippen molar-refractivity contribution in [3.8, 4) is 0 Å². The zero-order valence-corrected chi connectivity index (χ0v) is 13.3. The quantitative estimate of drug-likeness (QED) is 0.591. The molecule has 0 saturated carbocycles. The number of benzene rings is 1. The molecule has 1 aromatic heterocycles. The van der Waals surface area contributed by atoms with Crippen LogP contribution in [0.15, 0.2) is 41.4 Å². The van der Waals surface area contributed by atoms with Crippen molar-refractivity contribution in [2.45, 2.75) is 37.6 Å². The number of aromatic nitrogens is 1. The summed E-state index contributed by atoms with van der Waals surface area (Å²) in [4.78, 5) is 16.3. The fourth-order valence-electron chi connectivity index (χ4n) is 2.10. The SMILES string of the molecule is CCCCCCNC(=O)CSc1ccc2ccccc2n1. The van der Waals surface area contributed by atoms with Gasteiger partial charge in [-0.2, -0.15) is 0 Å². The van der Waals surface area contributed by atoms with Crippen molar-refractivity contribution in [1.29, 1.82) is 0 Å². The summed E-state index contributed by atoms with van der Waals surface area (Å²) in [6.45, 7) is 2.97. The van der Waals surface area contributed by atoms with Gasteiger partial charge in [0.05, 0.1) is 16.3 Å². The predicted octanol–water partition coefficient (Wildman–Crippen LogP) is 4.02. The summed E-state index contributed by atoms with van der Waals surface area (Å²) in [7, 11) is 0. The molecule has 0 aliphatic heterocycles. The van der Waals surface area contributed by atoms with Crippen LogP contribution in [0.2, 0.25) is 0 Å². The lowest BCUT2D eigenvalue weighted by Crippen LogP contribution is -2.26. The number of hydrogen-bond donors (Lipinski definition) is 1. The van der Waals surface area contributed by atoms with Crippen molar-refractivity contribution >= 4 is 28.6 Å². The Morgan fingerprint density at radius 1 is 1.14 bits per heavy atom. The molecule has 0 radical (unpaired) electrons. The van der Waals surface area contributed by atoms with E-state index in [1.54, 1.807) is 0 Å². The van der Waals surface area contributed by atoms with Gasteiger partial charge in [-0.3, -0.25) is 4.79 Å². The average molecular weight is 302 g/mol. The smallest absolute Gasteiger partial charge is 0.230 e. The highest BCUT2D eigenvalue weighted by Gasteiger charge is 2.04. The summed E-state index contributed by atoms with van der Waals surface area (Å²) in [5.74, 6) is 0.519. The van der Waals surface area contributed by atoms with Crippen LogP contribution in [0.3, 0.4) is 0 Å². The maximum Gasteiger partial charge on any atom is 0.230 e. The molecule has 0 atom stereocenters. The minimum atomic E-state index is 0.0893. The number of fused-ring (bicyclic) bond motifs is 1. The molecule has 112 valence electrons. The Morgan fingerprint density at radius 3 is 2.86 bits per heavy atom. The van der Waals surface area contributed by atoms with Crippen molar-refractivity contribution in [1.82, 2.24) is 10.3 Å². The van der Waals surface area contributed by atoms with Gasteiger partial charge < -0.3 is 5.32 Å². The number of carbonyl (C=O) groups excluding carboxylic acids is 1. The Kier molecular flexibility index (Phi) is 6.54. The molecule has 0 aliphatic carbocycles. The van der Waals surface area contributed by atoms with Gasteiger partial charge in [-0.1, -0.05) is 62.2 Å². The number of amides is 1. The molecule has 2 aromatic rings. The highest BCUT2D eigenvalue weighted by Crippen LogP contribution is 2.19. The molecule has 0 spiro atoms. The molecule has 1 heterocycles. The highest BCUT2D eigenvalue weighted by molar-refractivity contribution is 7.99. The number of unbranched alkanes of at least 4 members (excludes halogenated alkanes) is 3. The molecular formula is C17H22N2OS. The maximum atomic E-state index is 11.8. The number of nitrogens with one attached hydrogen (secondary N) is 1. The summed E-state index contributed by atoms with van der Waals surface area (Å²) in [5.41, 5.74) is 0.975. The first-order valence-corrected chi connectivity index (χ1v) is 8.53. The van der Waals surface area contributed by atoms with E-state index in [9.17, 15) is 4.79 Å². The average Bonchev–Trinajstić information content (AvgIpc) is 2.52. The molecule has 4 heteroatoms. The van der Waals surface area contributed by atoms with Crippen LogP contribution in [0.5, 0.6) is 0 Å². The highest BCUT2D eigenvalue weighted by atomic mass is 32.2. The fraction of sp³-hybridized carbons (Fsp3) is 0.412. The monoisotopic (exact) mass is 302 g/mol. The number of thioether (sulfide) groups is 1. The third kappa shape index (κ3) is 5.38. The number of carbonyl (C=O) groups is 1. The molecule has 0 unspecified atom stereocenters. The van der Waals surface area contributed by atoms with Gasteiger partial charge in [0, 0.05) is 11.9 Å². The van der Waals surface area contributed by atoms with Crippen LogP contribution < -0.4 is 5.32 Å². The Hall–Kier alpha value is -1.55. The van der Waals surface area contributed by atoms with Gasteiger partial charge in [0.2, 0.25) is 5.91 Å². The lowest BCUT2D eigenvalue weighted by atomic mass is 10.2.